The van der Waals surface area contributed by atoms with Crippen molar-refractivity contribution < 1.29 is 19.4 Å². The zero-order chi connectivity index (χ0) is 20.6. The average Bonchev–Trinajstić information content (AvgIpc) is 2.74. The van der Waals surface area contributed by atoms with Gasteiger partial charge in [0.1, 0.15) is 11.5 Å². The van der Waals surface area contributed by atoms with Gasteiger partial charge in [-0.3, -0.25) is 0 Å². The Bertz CT molecular complexity index is 719. The van der Waals surface area contributed by atoms with Crippen LogP contribution < -0.4 is 14.8 Å². The maximum absolute atomic E-state index is 12.3. The molecule has 1 aromatic rings. The van der Waals surface area contributed by atoms with Crippen molar-refractivity contribution >= 4 is 28.6 Å². The van der Waals surface area contributed by atoms with E-state index in [2.05, 4.69) is 27.9 Å². The van der Waals surface area contributed by atoms with E-state index in [1.807, 2.05) is 25.1 Å². The zero-order valence-corrected chi connectivity index (χ0v) is 19.2. The molecule has 1 fully saturated rings. The van der Waals surface area contributed by atoms with E-state index in [4.69, 9.17) is 9.47 Å². The third kappa shape index (κ3) is 5.78. The van der Waals surface area contributed by atoms with Crippen molar-refractivity contribution in [2.75, 3.05) is 32.8 Å². The van der Waals surface area contributed by atoms with Gasteiger partial charge in [-0.25, -0.2) is 4.79 Å². The monoisotopic (exact) mass is 514 g/mol. The fourth-order valence-corrected chi connectivity index (χ4v) is 4.88. The number of nitrogens with zero attached hydrogens (tertiary/aromatic N) is 1. The topological polar surface area (TPSA) is 71.0 Å². The van der Waals surface area contributed by atoms with Crippen LogP contribution in [0.15, 0.2) is 30.0 Å². The molecular formula is C22H31IN2O4. The number of carbonyl (C=O) groups is 1. The number of benzene rings is 1. The number of fused-ring (bicyclic) bond motifs is 1. The highest BCUT2D eigenvalue weighted by Gasteiger charge is 2.29. The first kappa shape index (κ1) is 22.2. The summed E-state index contributed by atoms with van der Waals surface area (Å²) in [5.41, 5.74) is 2.01. The Labute approximate surface area is 186 Å². The minimum absolute atomic E-state index is 0.0366. The molecule has 0 aromatic heterocycles. The number of halogens is 1. The van der Waals surface area contributed by atoms with E-state index in [9.17, 15) is 9.90 Å². The molecule has 0 spiro atoms. The van der Waals surface area contributed by atoms with Gasteiger partial charge in [0.2, 0.25) is 0 Å². The number of carbonyl (C=O) groups excluding carboxylic acids is 1. The number of urea groups is 1. The van der Waals surface area contributed by atoms with Crippen LogP contribution in [0.5, 0.6) is 11.5 Å². The first-order valence-electron chi connectivity index (χ1n) is 10.5. The molecule has 2 N–H and O–H groups in total. The van der Waals surface area contributed by atoms with E-state index in [1.165, 1.54) is 32.1 Å². The van der Waals surface area contributed by atoms with Crippen LogP contribution in [-0.4, -0.2) is 48.9 Å². The Morgan fingerprint density at radius 2 is 2.14 bits per heavy atom. The molecule has 1 aliphatic heterocycles. The summed E-state index contributed by atoms with van der Waals surface area (Å²) in [6.07, 6.45) is 8.15. The summed E-state index contributed by atoms with van der Waals surface area (Å²) in [7, 11) is 0. The smallest absolute Gasteiger partial charge is 0.317 e. The van der Waals surface area contributed by atoms with Crippen LogP contribution in [0.1, 0.15) is 48.5 Å². The number of alkyl halides is 1. The molecule has 0 radical (unpaired) electrons. The van der Waals surface area contributed by atoms with E-state index < -0.39 is 0 Å². The first-order valence-corrected chi connectivity index (χ1v) is 11.8. The van der Waals surface area contributed by atoms with Crippen LogP contribution in [-0.2, 0) is 0 Å². The minimum Gasteiger partial charge on any atom is -0.493 e. The summed E-state index contributed by atoms with van der Waals surface area (Å²) in [5, 5.41) is 12.2. The third-order valence-corrected chi connectivity index (χ3v) is 6.92. The molecule has 0 saturated heterocycles. The minimum atomic E-state index is -0.182. The van der Waals surface area contributed by atoms with Gasteiger partial charge in [-0.2, -0.15) is 0 Å². The van der Waals surface area contributed by atoms with Gasteiger partial charge in [0.25, 0.3) is 0 Å². The molecule has 1 heterocycles. The highest BCUT2D eigenvalue weighted by Crippen LogP contribution is 2.46. The number of amides is 2. The molecule has 6 nitrogen and oxygen atoms in total. The van der Waals surface area contributed by atoms with Crippen molar-refractivity contribution in [3.8, 4) is 11.5 Å². The summed E-state index contributed by atoms with van der Waals surface area (Å²) in [6, 6.07) is 5.74. The Hall–Kier alpha value is -1.48. The molecule has 2 amide bonds. The lowest BCUT2D eigenvalue weighted by Gasteiger charge is -2.30. The number of nitrogens with one attached hydrogen (secondary N) is 1. The number of hydrogen-bond donors (Lipinski definition) is 2. The molecule has 1 aliphatic carbocycles. The Morgan fingerprint density at radius 1 is 1.34 bits per heavy atom. The highest BCUT2D eigenvalue weighted by molar-refractivity contribution is 14.1. The molecule has 29 heavy (non-hydrogen) atoms. The Balaban J connectivity index is 1.71. The van der Waals surface area contributed by atoms with Crippen molar-refractivity contribution in [3.05, 3.63) is 35.6 Å². The predicted molar refractivity (Wildman–Crippen MR) is 122 cm³/mol. The fourth-order valence-electron chi connectivity index (χ4n) is 3.92. The quantitative estimate of drug-likeness (QED) is 0.398. The Kier molecular flexibility index (Phi) is 8.47. The molecule has 1 saturated carbocycles. The van der Waals surface area contributed by atoms with Gasteiger partial charge in [-0.1, -0.05) is 47.9 Å². The zero-order valence-electron chi connectivity index (χ0n) is 17.0. The molecule has 1 aromatic carbocycles. The van der Waals surface area contributed by atoms with E-state index >= 15 is 0 Å². The van der Waals surface area contributed by atoms with Crippen LogP contribution in [0.2, 0.25) is 0 Å². The van der Waals surface area contributed by atoms with Gasteiger partial charge in [-0.05, 0) is 37.8 Å². The second-order valence-corrected chi connectivity index (χ2v) is 8.88. The van der Waals surface area contributed by atoms with Gasteiger partial charge >= 0.3 is 6.03 Å². The SMILES string of the molecule is CCNC(=O)N(CCO)CC1=COc2cccc(OCC3CCCCC3)c2C1I. The van der Waals surface area contributed by atoms with Crippen LogP contribution >= 0.6 is 22.6 Å². The summed E-state index contributed by atoms with van der Waals surface area (Å²) in [5.74, 6) is 2.30. The van der Waals surface area contributed by atoms with Crippen molar-refractivity contribution in [2.24, 2.45) is 5.92 Å². The van der Waals surface area contributed by atoms with Crippen molar-refractivity contribution in [3.63, 3.8) is 0 Å². The molecule has 7 heteroatoms. The van der Waals surface area contributed by atoms with Crippen LogP contribution in [0, 0.1) is 5.92 Å². The predicted octanol–water partition coefficient (Wildman–Crippen LogP) is 4.42. The van der Waals surface area contributed by atoms with E-state index in [-0.39, 0.29) is 23.1 Å². The van der Waals surface area contributed by atoms with E-state index in [0.717, 1.165) is 29.2 Å². The Morgan fingerprint density at radius 3 is 2.86 bits per heavy atom. The molecular weight excluding hydrogens is 483 g/mol. The van der Waals surface area contributed by atoms with Crippen molar-refractivity contribution in [1.82, 2.24) is 10.2 Å². The third-order valence-electron chi connectivity index (χ3n) is 5.50. The van der Waals surface area contributed by atoms with Crippen LogP contribution in [0.3, 0.4) is 0 Å². The summed E-state index contributed by atoms with van der Waals surface area (Å²) < 4.78 is 12.2. The second kappa shape index (κ2) is 11.1. The molecule has 2 aliphatic rings. The van der Waals surface area contributed by atoms with Gasteiger partial charge in [-0.15, -0.1) is 0 Å². The number of hydrogen-bond acceptors (Lipinski definition) is 4. The molecule has 160 valence electrons. The molecule has 1 unspecified atom stereocenters. The lowest BCUT2D eigenvalue weighted by molar-refractivity contribution is 0.181. The first-order chi connectivity index (χ1) is 14.1. The van der Waals surface area contributed by atoms with Crippen LogP contribution in [0.25, 0.3) is 0 Å². The number of aliphatic hydroxyl groups excluding tert-OH is 1. The maximum atomic E-state index is 12.3. The lowest BCUT2D eigenvalue weighted by Crippen LogP contribution is -2.43. The number of rotatable bonds is 8. The number of aliphatic hydroxyl groups is 1. The van der Waals surface area contributed by atoms with Crippen molar-refractivity contribution in [1.29, 1.82) is 0 Å². The second-order valence-electron chi connectivity index (χ2n) is 7.64. The lowest BCUT2D eigenvalue weighted by atomic mass is 9.90. The van der Waals surface area contributed by atoms with Gasteiger partial charge in [0.15, 0.2) is 0 Å². The average molecular weight is 514 g/mol. The largest absolute Gasteiger partial charge is 0.493 e. The standard InChI is InChI=1S/C22H31IN2O4/c1-2-24-22(27)25(11-12-26)13-17-15-29-19-10-6-9-18(20(19)21(17)23)28-14-16-7-4-3-5-8-16/h6,9-10,15-16,21,26H,2-5,7-8,11-14H2,1H3,(H,24,27). The normalized spacial score (nSPS) is 19.0. The molecule has 3 rings (SSSR count). The summed E-state index contributed by atoms with van der Waals surface area (Å²) in [6.45, 7) is 3.77. The van der Waals surface area contributed by atoms with E-state index in [0.29, 0.717) is 19.0 Å². The highest BCUT2D eigenvalue weighted by atomic mass is 127. The van der Waals surface area contributed by atoms with Crippen molar-refractivity contribution in [2.45, 2.75) is 43.0 Å². The van der Waals surface area contributed by atoms with Gasteiger partial charge in [0.05, 0.1) is 29.0 Å². The molecule has 0 bridgehead atoms. The summed E-state index contributed by atoms with van der Waals surface area (Å²) in [4.78, 5) is 13.9. The van der Waals surface area contributed by atoms with E-state index in [1.54, 1.807) is 11.2 Å². The van der Waals surface area contributed by atoms with Crippen LogP contribution in [0.4, 0.5) is 4.79 Å². The number of ether oxygens (including phenoxy) is 2. The maximum Gasteiger partial charge on any atom is 0.317 e. The fraction of sp³-hybridized carbons (Fsp3) is 0.591. The van der Waals surface area contributed by atoms with Gasteiger partial charge < -0.3 is 24.8 Å². The molecule has 1 atom stereocenters. The van der Waals surface area contributed by atoms with Gasteiger partial charge in [0, 0.05) is 25.2 Å². The summed E-state index contributed by atoms with van der Waals surface area (Å²) >= 11 is 2.39.